The Hall–Kier alpha value is -1.47. The molecule has 11 heavy (non-hydrogen) atoms. The van der Waals surface area contributed by atoms with Crippen LogP contribution in [-0.4, -0.2) is 9.97 Å². The first-order valence-electron chi connectivity index (χ1n) is 3.23. The Kier molecular flexibility index (Phi) is 2.53. The van der Waals surface area contributed by atoms with Crippen molar-refractivity contribution in [3.63, 3.8) is 0 Å². The largest absolute Gasteiger partial charge is 0.322 e. The van der Waals surface area contributed by atoms with Crippen molar-refractivity contribution in [2.45, 2.75) is 12.5 Å². The molecular formula is C7H8N4. The molecule has 0 spiro atoms. The van der Waals surface area contributed by atoms with Gasteiger partial charge in [-0.2, -0.15) is 5.26 Å². The van der Waals surface area contributed by atoms with Crippen molar-refractivity contribution in [2.24, 2.45) is 5.73 Å². The van der Waals surface area contributed by atoms with Crippen LogP contribution in [0.1, 0.15) is 18.2 Å². The maximum atomic E-state index is 8.32. The molecule has 0 amide bonds. The molecule has 1 aromatic rings. The van der Waals surface area contributed by atoms with Crippen LogP contribution in [0.5, 0.6) is 0 Å². The summed E-state index contributed by atoms with van der Waals surface area (Å²) in [5.74, 6) is 0. The molecule has 1 unspecified atom stereocenters. The standard InChI is InChI=1S/C7H8N4/c8-2-1-6(9)7-5-10-3-4-11-7/h3-6H,1,9H2. The Bertz CT molecular complexity index is 251. The van der Waals surface area contributed by atoms with Crippen molar-refractivity contribution in [3.8, 4) is 6.07 Å². The highest BCUT2D eigenvalue weighted by atomic mass is 14.8. The van der Waals surface area contributed by atoms with Gasteiger partial charge in [-0.1, -0.05) is 0 Å². The Morgan fingerprint density at radius 1 is 1.64 bits per heavy atom. The van der Waals surface area contributed by atoms with Crippen LogP contribution < -0.4 is 5.73 Å². The van der Waals surface area contributed by atoms with E-state index in [0.717, 1.165) is 0 Å². The summed E-state index contributed by atoms with van der Waals surface area (Å²) < 4.78 is 0. The number of nitriles is 1. The summed E-state index contributed by atoms with van der Waals surface area (Å²) in [6.07, 6.45) is 4.98. The van der Waals surface area contributed by atoms with Gasteiger partial charge in [-0.15, -0.1) is 0 Å². The lowest BCUT2D eigenvalue weighted by molar-refractivity contribution is 0.714. The summed E-state index contributed by atoms with van der Waals surface area (Å²) in [5.41, 5.74) is 6.24. The fraction of sp³-hybridized carbons (Fsp3) is 0.286. The summed E-state index contributed by atoms with van der Waals surface area (Å²) in [6, 6.07) is 1.66. The van der Waals surface area contributed by atoms with Crippen LogP contribution in [0.2, 0.25) is 0 Å². The van der Waals surface area contributed by atoms with Gasteiger partial charge in [-0.3, -0.25) is 9.97 Å². The molecule has 0 aliphatic heterocycles. The van der Waals surface area contributed by atoms with Crippen LogP contribution in [0.3, 0.4) is 0 Å². The van der Waals surface area contributed by atoms with Gasteiger partial charge in [0.2, 0.25) is 0 Å². The number of hydrogen-bond acceptors (Lipinski definition) is 4. The van der Waals surface area contributed by atoms with E-state index in [0.29, 0.717) is 5.69 Å². The molecule has 1 aromatic heterocycles. The maximum absolute atomic E-state index is 8.32. The second-order valence-corrected chi connectivity index (χ2v) is 2.10. The maximum Gasteiger partial charge on any atom is 0.0764 e. The van der Waals surface area contributed by atoms with Gasteiger partial charge in [0, 0.05) is 18.6 Å². The van der Waals surface area contributed by atoms with Crippen LogP contribution in [0.25, 0.3) is 0 Å². The van der Waals surface area contributed by atoms with Crippen molar-refractivity contribution < 1.29 is 0 Å². The molecule has 0 bridgehead atoms. The third kappa shape index (κ3) is 1.99. The molecular weight excluding hydrogens is 140 g/mol. The van der Waals surface area contributed by atoms with Crippen molar-refractivity contribution in [1.82, 2.24) is 9.97 Å². The number of rotatable bonds is 2. The number of hydrogen-bond donors (Lipinski definition) is 1. The molecule has 0 aliphatic carbocycles. The average Bonchev–Trinajstić information content (AvgIpc) is 2.07. The van der Waals surface area contributed by atoms with Gasteiger partial charge in [0.05, 0.1) is 24.2 Å². The van der Waals surface area contributed by atoms with Gasteiger partial charge in [0.25, 0.3) is 0 Å². The van der Waals surface area contributed by atoms with Crippen LogP contribution in [0.4, 0.5) is 0 Å². The Labute approximate surface area is 64.7 Å². The van der Waals surface area contributed by atoms with Crippen molar-refractivity contribution >= 4 is 0 Å². The van der Waals surface area contributed by atoms with E-state index in [1.54, 1.807) is 18.6 Å². The van der Waals surface area contributed by atoms with Gasteiger partial charge in [-0.25, -0.2) is 0 Å². The SMILES string of the molecule is N#CCC(N)c1cnccn1. The summed E-state index contributed by atoms with van der Waals surface area (Å²) in [6.45, 7) is 0. The minimum atomic E-state index is -0.311. The normalized spacial score (nSPS) is 12.0. The quantitative estimate of drug-likeness (QED) is 0.658. The second-order valence-electron chi connectivity index (χ2n) is 2.10. The van der Waals surface area contributed by atoms with Gasteiger partial charge < -0.3 is 5.73 Å². The van der Waals surface area contributed by atoms with E-state index in [1.165, 1.54) is 0 Å². The van der Waals surface area contributed by atoms with E-state index in [4.69, 9.17) is 11.0 Å². The lowest BCUT2D eigenvalue weighted by Gasteiger charge is -2.03. The molecule has 1 atom stereocenters. The van der Waals surface area contributed by atoms with Gasteiger partial charge >= 0.3 is 0 Å². The van der Waals surface area contributed by atoms with E-state index < -0.39 is 0 Å². The fourth-order valence-electron chi connectivity index (χ4n) is 0.705. The molecule has 0 fully saturated rings. The van der Waals surface area contributed by atoms with Crippen LogP contribution in [-0.2, 0) is 0 Å². The monoisotopic (exact) mass is 148 g/mol. The Morgan fingerprint density at radius 3 is 3.00 bits per heavy atom. The van der Waals surface area contributed by atoms with E-state index >= 15 is 0 Å². The van der Waals surface area contributed by atoms with Gasteiger partial charge in [0.1, 0.15) is 0 Å². The highest BCUT2D eigenvalue weighted by molar-refractivity contribution is 5.03. The first kappa shape index (κ1) is 7.63. The lowest BCUT2D eigenvalue weighted by atomic mass is 10.2. The minimum absolute atomic E-state index is 0.276. The minimum Gasteiger partial charge on any atom is -0.322 e. The summed E-state index contributed by atoms with van der Waals surface area (Å²) >= 11 is 0. The first-order chi connectivity index (χ1) is 5.34. The van der Waals surface area contributed by atoms with Crippen molar-refractivity contribution in [1.29, 1.82) is 5.26 Å². The first-order valence-corrected chi connectivity index (χ1v) is 3.23. The molecule has 0 radical (unpaired) electrons. The van der Waals surface area contributed by atoms with Crippen molar-refractivity contribution in [3.05, 3.63) is 24.3 Å². The fourth-order valence-corrected chi connectivity index (χ4v) is 0.705. The molecule has 0 saturated carbocycles. The van der Waals surface area contributed by atoms with Gasteiger partial charge in [-0.05, 0) is 0 Å². The average molecular weight is 148 g/mol. The Balaban J connectivity index is 2.70. The van der Waals surface area contributed by atoms with E-state index in [-0.39, 0.29) is 12.5 Å². The molecule has 4 nitrogen and oxygen atoms in total. The zero-order valence-corrected chi connectivity index (χ0v) is 5.94. The van der Waals surface area contributed by atoms with Crippen LogP contribution in [0.15, 0.2) is 18.6 Å². The highest BCUT2D eigenvalue weighted by Gasteiger charge is 2.04. The number of aromatic nitrogens is 2. The summed E-state index contributed by atoms with van der Waals surface area (Å²) in [5, 5.41) is 8.32. The third-order valence-corrected chi connectivity index (χ3v) is 1.27. The van der Waals surface area contributed by atoms with Crippen molar-refractivity contribution in [2.75, 3.05) is 0 Å². The molecule has 0 saturated heterocycles. The molecule has 4 heteroatoms. The molecule has 0 aromatic carbocycles. The van der Waals surface area contributed by atoms with E-state index in [1.807, 2.05) is 6.07 Å². The van der Waals surface area contributed by atoms with E-state index in [2.05, 4.69) is 9.97 Å². The predicted octanol–water partition coefficient (Wildman–Crippen LogP) is 0.390. The molecule has 2 N–H and O–H groups in total. The van der Waals surface area contributed by atoms with Crippen LogP contribution >= 0.6 is 0 Å². The zero-order chi connectivity index (χ0) is 8.10. The van der Waals surface area contributed by atoms with Crippen LogP contribution in [0, 0.1) is 11.3 Å². The predicted molar refractivity (Wildman–Crippen MR) is 39.2 cm³/mol. The molecule has 56 valence electrons. The summed E-state index contributed by atoms with van der Waals surface area (Å²) in [7, 11) is 0. The highest BCUT2D eigenvalue weighted by Crippen LogP contribution is 2.06. The summed E-state index contributed by atoms with van der Waals surface area (Å²) in [4.78, 5) is 7.79. The third-order valence-electron chi connectivity index (χ3n) is 1.27. The van der Waals surface area contributed by atoms with E-state index in [9.17, 15) is 0 Å². The molecule has 0 aliphatic rings. The number of nitrogens with two attached hydrogens (primary N) is 1. The zero-order valence-electron chi connectivity index (χ0n) is 5.94. The molecule has 1 rings (SSSR count). The topological polar surface area (TPSA) is 75.6 Å². The number of nitrogens with zero attached hydrogens (tertiary/aromatic N) is 3. The Morgan fingerprint density at radius 2 is 2.45 bits per heavy atom. The molecule has 1 heterocycles. The van der Waals surface area contributed by atoms with Gasteiger partial charge in [0.15, 0.2) is 0 Å². The smallest absolute Gasteiger partial charge is 0.0764 e. The lowest BCUT2D eigenvalue weighted by Crippen LogP contribution is -2.11. The second kappa shape index (κ2) is 3.64.